The normalized spacial score (nSPS) is 19.9. The molecule has 0 bridgehead atoms. The standard InChI is InChI=1S/C27H28F3N3O4/c1-14-6-4-5-7-19(14)20-10-9-18(12-22(20)27(28,29)30)25-32-24(33-37-25)21-11-8-17(13-23(21)34)15(2)31-16(3)26(35)36/h5,7-11,13,15-16,18,31,34H,4,6,12H2,1-3H3,(H,35,36)/t15-,16-,18?/m1/s1. The van der Waals surface area contributed by atoms with Crippen LogP contribution in [0.4, 0.5) is 13.2 Å². The molecule has 0 spiro atoms. The van der Waals surface area contributed by atoms with Crippen LogP contribution in [0.5, 0.6) is 5.75 Å². The van der Waals surface area contributed by atoms with Gasteiger partial charge in [-0.1, -0.05) is 41.1 Å². The van der Waals surface area contributed by atoms with Crippen molar-refractivity contribution in [2.45, 2.75) is 64.2 Å². The summed E-state index contributed by atoms with van der Waals surface area (Å²) in [6.07, 6.45) is 3.44. The number of aromatic hydroxyl groups is 1. The summed E-state index contributed by atoms with van der Waals surface area (Å²) in [6.45, 7) is 5.13. The molecule has 0 amide bonds. The lowest BCUT2D eigenvalue weighted by Crippen LogP contribution is -2.35. The fourth-order valence-corrected chi connectivity index (χ4v) is 4.54. The van der Waals surface area contributed by atoms with Crippen molar-refractivity contribution in [3.8, 4) is 17.1 Å². The van der Waals surface area contributed by atoms with Crippen LogP contribution in [-0.2, 0) is 4.79 Å². The van der Waals surface area contributed by atoms with E-state index in [1.807, 2.05) is 13.0 Å². The van der Waals surface area contributed by atoms with Gasteiger partial charge in [-0.25, -0.2) is 0 Å². The maximum atomic E-state index is 14.0. The fraction of sp³-hybridized carbons (Fsp3) is 0.370. The van der Waals surface area contributed by atoms with E-state index < -0.39 is 29.7 Å². The molecule has 2 aromatic rings. The van der Waals surface area contributed by atoms with Gasteiger partial charge in [0.25, 0.3) is 0 Å². The van der Waals surface area contributed by atoms with Crippen molar-refractivity contribution < 1.29 is 32.7 Å². The molecule has 4 rings (SSSR count). The second-order valence-electron chi connectivity index (χ2n) is 9.38. The van der Waals surface area contributed by atoms with Gasteiger partial charge in [0.1, 0.15) is 11.8 Å². The van der Waals surface area contributed by atoms with Crippen molar-refractivity contribution in [2.24, 2.45) is 0 Å². The Bertz CT molecular complexity index is 1320. The lowest BCUT2D eigenvalue weighted by atomic mass is 9.82. The van der Waals surface area contributed by atoms with Crippen LogP contribution >= 0.6 is 0 Å². The molecule has 1 unspecified atom stereocenters. The molecular formula is C27H28F3N3O4. The molecule has 3 N–H and O–H groups in total. The number of aliphatic carboxylic acids is 1. The van der Waals surface area contributed by atoms with Gasteiger partial charge in [0.15, 0.2) is 0 Å². The van der Waals surface area contributed by atoms with Crippen molar-refractivity contribution in [3.05, 3.63) is 76.2 Å². The average Bonchev–Trinajstić information content (AvgIpc) is 3.33. The van der Waals surface area contributed by atoms with Gasteiger partial charge in [-0.2, -0.15) is 18.2 Å². The largest absolute Gasteiger partial charge is 0.507 e. The minimum atomic E-state index is -4.52. The maximum Gasteiger partial charge on any atom is 0.413 e. The zero-order valence-corrected chi connectivity index (χ0v) is 20.6. The van der Waals surface area contributed by atoms with E-state index in [1.54, 1.807) is 31.2 Å². The second kappa shape index (κ2) is 10.4. The minimum Gasteiger partial charge on any atom is -0.507 e. The van der Waals surface area contributed by atoms with Gasteiger partial charge in [-0.05, 0) is 68.9 Å². The molecule has 1 heterocycles. The van der Waals surface area contributed by atoms with E-state index >= 15 is 0 Å². The molecule has 2 aliphatic carbocycles. The highest BCUT2D eigenvalue weighted by atomic mass is 19.4. The number of nitrogens with one attached hydrogen (secondary N) is 1. The molecule has 0 saturated heterocycles. The molecule has 0 radical (unpaired) electrons. The number of hydrogen-bond acceptors (Lipinski definition) is 6. The summed E-state index contributed by atoms with van der Waals surface area (Å²) in [6, 6.07) is 3.55. The van der Waals surface area contributed by atoms with Crippen LogP contribution in [-0.4, -0.2) is 38.5 Å². The first-order valence-corrected chi connectivity index (χ1v) is 12.0. The van der Waals surface area contributed by atoms with Crippen LogP contribution in [0.1, 0.15) is 63.4 Å². The van der Waals surface area contributed by atoms with Crippen molar-refractivity contribution in [3.63, 3.8) is 0 Å². The number of allylic oxidation sites excluding steroid dienone is 8. The Morgan fingerprint density at radius 3 is 2.62 bits per heavy atom. The number of nitrogens with zero attached hydrogens (tertiary/aromatic N) is 2. The van der Waals surface area contributed by atoms with Gasteiger partial charge < -0.3 is 14.7 Å². The van der Waals surface area contributed by atoms with Crippen LogP contribution in [0.3, 0.4) is 0 Å². The van der Waals surface area contributed by atoms with Gasteiger partial charge >= 0.3 is 12.1 Å². The Balaban J connectivity index is 1.57. The highest BCUT2D eigenvalue weighted by molar-refractivity contribution is 5.73. The van der Waals surface area contributed by atoms with Gasteiger partial charge in [0.2, 0.25) is 11.7 Å². The third-order valence-corrected chi connectivity index (χ3v) is 6.70. The van der Waals surface area contributed by atoms with E-state index in [1.165, 1.54) is 19.1 Å². The molecule has 0 aliphatic heterocycles. The van der Waals surface area contributed by atoms with Crippen LogP contribution in [0.15, 0.2) is 69.3 Å². The van der Waals surface area contributed by atoms with E-state index in [0.29, 0.717) is 11.1 Å². The number of alkyl halides is 3. The van der Waals surface area contributed by atoms with E-state index in [-0.39, 0.29) is 41.1 Å². The highest BCUT2D eigenvalue weighted by Gasteiger charge is 2.40. The minimum absolute atomic E-state index is 0.0192. The monoisotopic (exact) mass is 515 g/mol. The van der Waals surface area contributed by atoms with Gasteiger partial charge in [-0.15, -0.1) is 0 Å². The average molecular weight is 516 g/mol. The quantitative estimate of drug-likeness (QED) is 0.407. The zero-order chi connectivity index (χ0) is 26.9. The highest BCUT2D eigenvalue weighted by Crippen LogP contribution is 2.43. The smallest absolute Gasteiger partial charge is 0.413 e. The number of carboxylic acids is 1. The van der Waals surface area contributed by atoms with E-state index in [0.717, 1.165) is 18.4 Å². The molecule has 1 aromatic carbocycles. The van der Waals surface area contributed by atoms with E-state index in [4.69, 9.17) is 9.63 Å². The van der Waals surface area contributed by atoms with Crippen molar-refractivity contribution >= 4 is 5.97 Å². The predicted octanol–water partition coefficient (Wildman–Crippen LogP) is 6.13. The number of carboxylic acid groups (broad SMARTS) is 1. The molecule has 2 aliphatic rings. The summed E-state index contributed by atoms with van der Waals surface area (Å²) in [5.41, 5.74) is 1.95. The Morgan fingerprint density at radius 1 is 1.22 bits per heavy atom. The number of benzene rings is 1. The maximum absolute atomic E-state index is 14.0. The van der Waals surface area contributed by atoms with Gasteiger partial charge in [-0.3, -0.25) is 10.1 Å². The number of phenols is 1. The molecule has 196 valence electrons. The van der Waals surface area contributed by atoms with E-state index in [2.05, 4.69) is 15.5 Å². The van der Waals surface area contributed by atoms with Crippen molar-refractivity contribution in [1.82, 2.24) is 15.5 Å². The number of aromatic nitrogens is 2. The first-order chi connectivity index (χ1) is 17.5. The lowest BCUT2D eigenvalue weighted by molar-refractivity contribution is -0.139. The Hall–Kier alpha value is -3.66. The molecule has 0 fully saturated rings. The van der Waals surface area contributed by atoms with Crippen LogP contribution < -0.4 is 5.32 Å². The molecule has 7 nitrogen and oxygen atoms in total. The summed E-state index contributed by atoms with van der Waals surface area (Å²) in [4.78, 5) is 15.4. The van der Waals surface area contributed by atoms with Gasteiger partial charge in [0, 0.05) is 11.6 Å². The summed E-state index contributed by atoms with van der Waals surface area (Å²) in [5, 5.41) is 26.4. The molecule has 1 aromatic heterocycles. The fourth-order valence-electron chi connectivity index (χ4n) is 4.54. The molecule has 3 atom stereocenters. The molecule has 37 heavy (non-hydrogen) atoms. The molecule has 0 saturated carbocycles. The summed E-state index contributed by atoms with van der Waals surface area (Å²) in [7, 11) is 0. The van der Waals surface area contributed by atoms with Crippen LogP contribution in [0, 0.1) is 0 Å². The SMILES string of the molecule is CC1=C(C2=C(C(F)(F)F)CC(c3nc(-c4ccc([C@@H](C)N[C@H](C)C(=O)O)cc4O)no3)C=C2)C=CCC1. The summed E-state index contributed by atoms with van der Waals surface area (Å²) in [5.74, 6) is -1.86. The number of hydrogen-bond donors (Lipinski definition) is 3. The van der Waals surface area contributed by atoms with E-state index in [9.17, 15) is 23.1 Å². The Kier molecular flexibility index (Phi) is 7.40. The third-order valence-electron chi connectivity index (χ3n) is 6.70. The number of rotatable bonds is 7. The van der Waals surface area contributed by atoms with Crippen LogP contribution in [0.2, 0.25) is 0 Å². The summed E-state index contributed by atoms with van der Waals surface area (Å²) < 4.78 is 47.4. The second-order valence-corrected chi connectivity index (χ2v) is 9.38. The predicted molar refractivity (Wildman–Crippen MR) is 131 cm³/mol. The van der Waals surface area contributed by atoms with Crippen molar-refractivity contribution in [2.75, 3.05) is 0 Å². The Morgan fingerprint density at radius 2 is 1.97 bits per heavy atom. The number of phenolic OH excluding ortho intramolecular Hbond substituents is 1. The first-order valence-electron chi connectivity index (χ1n) is 12.0. The zero-order valence-electron chi connectivity index (χ0n) is 20.6. The lowest BCUT2D eigenvalue weighted by Gasteiger charge is -2.25. The topological polar surface area (TPSA) is 108 Å². The van der Waals surface area contributed by atoms with Crippen LogP contribution in [0.25, 0.3) is 11.4 Å². The number of carbonyl (C=O) groups is 1. The molecular weight excluding hydrogens is 487 g/mol. The summed E-state index contributed by atoms with van der Waals surface area (Å²) >= 11 is 0. The Labute approximate surface area is 212 Å². The van der Waals surface area contributed by atoms with Gasteiger partial charge in [0.05, 0.1) is 11.5 Å². The van der Waals surface area contributed by atoms with Crippen molar-refractivity contribution in [1.29, 1.82) is 0 Å². The molecule has 10 heteroatoms. The third kappa shape index (κ3) is 5.69. The number of halogens is 3. The first kappa shape index (κ1) is 26.4.